The van der Waals surface area contributed by atoms with E-state index in [1.165, 1.54) is 31.3 Å². The summed E-state index contributed by atoms with van der Waals surface area (Å²) in [4.78, 5) is 0. The molecule has 0 bridgehead atoms. The van der Waals surface area contributed by atoms with E-state index in [1.807, 2.05) is 0 Å². The minimum Gasteiger partial charge on any atom is -0.392 e. The van der Waals surface area contributed by atoms with Crippen LogP contribution in [0, 0.1) is 11.3 Å². The van der Waals surface area contributed by atoms with E-state index in [1.54, 1.807) is 0 Å². The average Bonchev–Trinajstić information content (AvgIpc) is 2.16. The minimum absolute atomic E-state index is 0.173. The number of hydrogen-bond acceptors (Lipinski definition) is 1. The molecule has 1 aliphatic carbocycles. The van der Waals surface area contributed by atoms with Gasteiger partial charge in [0.25, 0.3) is 0 Å². The molecule has 1 rings (SSSR count). The van der Waals surface area contributed by atoms with Crippen LogP contribution < -0.4 is 0 Å². The molecule has 0 heterocycles. The van der Waals surface area contributed by atoms with Crippen LogP contribution in [0.25, 0.3) is 0 Å². The van der Waals surface area contributed by atoms with E-state index in [4.69, 9.17) is 0 Å². The lowest BCUT2D eigenvalue weighted by molar-refractivity contribution is 0.00559. The molecule has 0 aliphatic heterocycles. The van der Waals surface area contributed by atoms with Gasteiger partial charge in [-0.05, 0) is 37.0 Å². The fourth-order valence-electron chi connectivity index (χ4n) is 2.82. The van der Waals surface area contributed by atoms with Crippen LogP contribution in [0.3, 0.4) is 0 Å². The van der Waals surface area contributed by atoms with Crippen LogP contribution in [0.5, 0.6) is 0 Å². The molecule has 1 saturated carbocycles. The molecule has 0 amide bonds. The smallest absolute Gasteiger partial charge is 0.0610 e. The Morgan fingerprint density at radius 2 is 2.13 bits per heavy atom. The van der Waals surface area contributed by atoms with E-state index >= 15 is 0 Å². The molecule has 0 saturated heterocycles. The van der Waals surface area contributed by atoms with Crippen LogP contribution in [0.15, 0.2) is 12.2 Å². The highest BCUT2D eigenvalue weighted by atomic mass is 16.3. The predicted molar refractivity (Wildman–Crippen MR) is 65.8 cm³/mol. The van der Waals surface area contributed by atoms with Crippen LogP contribution >= 0.6 is 0 Å². The molecule has 0 aromatic rings. The topological polar surface area (TPSA) is 20.2 Å². The third-order valence-electron chi connectivity index (χ3n) is 4.05. The molecule has 0 aromatic heterocycles. The Bertz CT molecular complexity index is 217. The molecule has 0 spiro atoms. The summed E-state index contributed by atoms with van der Waals surface area (Å²) in [6, 6.07) is 0. The normalized spacial score (nSPS) is 27.3. The van der Waals surface area contributed by atoms with Gasteiger partial charge in [0.2, 0.25) is 0 Å². The lowest BCUT2D eigenvalue weighted by Gasteiger charge is -2.41. The van der Waals surface area contributed by atoms with E-state index in [0.29, 0.717) is 11.3 Å². The molecule has 2 unspecified atom stereocenters. The third kappa shape index (κ3) is 3.34. The second-order valence-electron chi connectivity index (χ2n) is 5.72. The van der Waals surface area contributed by atoms with Crippen molar-refractivity contribution in [3.63, 3.8) is 0 Å². The lowest BCUT2D eigenvalue weighted by Crippen LogP contribution is -2.36. The van der Waals surface area contributed by atoms with Gasteiger partial charge in [0.15, 0.2) is 0 Å². The van der Waals surface area contributed by atoms with Crippen molar-refractivity contribution in [3.05, 3.63) is 12.2 Å². The molecule has 2 atom stereocenters. The first-order valence-corrected chi connectivity index (χ1v) is 6.32. The first-order chi connectivity index (χ1) is 6.97. The fraction of sp³-hybridized carbons (Fsp3) is 0.857. The molecule has 1 fully saturated rings. The summed E-state index contributed by atoms with van der Waals surface area (Å²) >= 11 is 0. The van der Waals surface area contributed by atoms with E-state index in [-0.39, 0.29) is 6.10 Å². The molecular formula is C14H26O. The monoisotopic (exact) mass is 210 g/mol. The Labute approximate surface area is 94.6 Å². The van der Waals surface area contributed by atoms with Gasteiger partial charge in [-0.25, -0.2) is 0 Å². The summed E-state index contributed by atoms with van der Waals surface area (Å²) in [5, 5.41) is 10.3. The van der Waals surface area contributed by atoms with Crippen LogP contribution in [-0.4, -0.2) is 11.2 Å². The Kier molecular flexibility index (Phi) is 4.39. The summed E-state index contributed by atoms with van der Waals surface area (Å²) < 4.78 is 0. The van der Waals surface area contributed by atoms with Gasteiger partial charge in [-0.2, -0.15) is 0 Å². The number of hydrogen-bond donors (Lipinski definition) is 1. The van der Waals surface area contributed by atoms with Crippen LogP contribution in [0.1, 0.15) is 59.3 Å². The van der Waals surface area contributed by atoms with Crippen LogP contribution in [-0.2, 0) is 0 Å². The zero-order valence-corrected chi connectivity index (χ0v) is 10.6. The van der Waals surface area contributed by atoms with Crippen molar-refractivity contribution >= 4 is 0 Å². The molecular weight excluding hydrogens is 184 g/mol. The zero-order chi connectivity index (χ0) is 11.5. The Balaban J connectivity index is 2.56. The fourth-order valence-corrected chi connectivity index (χ4v) is 2.82. The quantitative estimate of drug-likeness (QED) is 0.697. The maximum Gasteiger partial charge on any atom is 0.0610 e. The van der Waals surface area contributed by atoms with Gasteiger partial charge in [0.1, 0.15) is 0 Å². The van der Waals surface area contributed by atoms with Crippen LogP contribution in [0.2, 0.25) is 0 Å². The lowest BCUT2D eigenvalue weighted by atomic mass is 9.66. The maximum atomic E-state index is 10.3. The summed E-state index contributed by atoms with van der Waals surface area (Å²) in [7, 11) is 0. The van der Waals surface area contributed by atoms with Gasteiger partial charge in [-0.15, -0.1) is 0 Å². The predicted octanol–water partition coefficient (Wildman–Crippen LogP) is 3.92. The summed E-state index contributed by atoms with van der Waals surface area (Å²) in [5.74, 6) is 0.467. The summed E-state index contributed by atoms with van der Waals surface area (Å²) in [5.41, 5.74) is 1.50. The second kappa shape index (κ2) is 5.16. The molecule has 0 radical (unpaired) electrons. The standard InChI is InChI=1S/C14H26O/c1-5-11(2)10-13(15)12-8-6-7-9-14(12,3)4/h12-13,15H,2,5-10H2,1,3-4H3. The van der Waals surface area contributed by atoms with Gasteiger partial charge >= 0.3 is 0 Å². The Morgan fingerprint density at radius 3 is 2.67 bits per heavy atom. The van der Waals surface area contributed by atoms with Crippen molar-refractivity contribution < 1.29 is 5.11 Å². The molecule has 1 N–H and O–H groups in total. The third-order valence-corrected chi connectivity index (χ3v) is 4.05. The maximum absolute atomic E-state index is 10.3. The Hall–Kier alpha value is -0.300. The first kappa shape index (κ1) is 12.8. The molecule has 1 heteroatoms. The van der Waals surface area contributed by atoms with Crippen molar-refractivity contribution in [1.29, 1.82) is 0 Å². The van der Waals surface area contributed by atoms with Crippen molar-refractivity contribution in [3.8, 4) is 0 Å². The number of aliphatic hydroxyl groups is 1. The number of aliphatic hydroxyl groups excluding tert-OH is 1. The summed E-state index contributed by atoms with van der Waals surface area (Å²) in [6.45, 7) is 10.7. The van der Waals surface area contributed by atoms with E-state index in [2.05, 4.69) is 27.4 Å². The first-order valence-electron chi connectivity index (χ1n) is 6.32. The molecule has 1 nitrogen and oxygen atoms in total. The van der Waals surface area contributed by atoms with Crippen LogP contribution in [0.4, 0.5) is 0 Å². The van der Waals surface area contributed by atoms with Gasteiger partial charge in [0.05, 0.1) is 6.10 Å². The Morgan fingerprint density at radius 1 is 1.47 bits per heavy atom. The minimum atomic E-state index is -0.173. The molecule has 15 heavy (non-hydrogen) atoms. The highest BCUT2D eigenvalue weighted by Gasteiger charge is 2.36. The number of rotatable bonds is 4. The van der Waals surface area contributed by atoms with Gasteiger partial charge in [-0.3, -0.25) is 0 Å². The van der Waals surface area contributed by atoms with Gasteiger partial charge < -0.3 is 5.11 Å². The van der Waals surface area contributed by atoms with Crippen molar-refractivity contribution in [2.24, 2.45) is 11.3 Å². The zero-order valence-electron chi connectivity index (χ0n) is 10.6. The SMILES string of the molecule is C=C(CC)CC(O)C1CCCCC1(C)C. The highest BCUT2D eigenvalue weighted by molar-refractivity contribution is 4.98. The summed E-state index contributed by atoms with van der Waals surface area (Å²) in [6.07, 6.45) is 6.66. The van der Waals surface area contributed by atoms with Crippen molar-refractivity contribution in [2.75, 3.05) is 0 Å². The van der Waals surface area contributed by atoms with E-state index in [9.17, 15) is 5.11 Å². The van der Waals surface area contributed by atoms with Crippen molar-refractivity contribution in [1.82, 2.24) is 0 Å². The highest BCUT2D eigenvalue weighted by Crippen LogP contribution is 2.43. The van der Waals surface area contributed by atoms with Gasteiger partial charge in [0, 0.05) is 0 Å². The molecule has 1 aliphatic rings. The average molecular weight is 210 g/mol. The molecule has 88 valence electrons. The van der Waals surface area contributed by atoms with Gasteiger partial charge in [-0.1, -0.05) is 45.8 Å². The second-order valence-corrected chi connectivity index (χ2v) is 5.72. The largest absolute Gasteiger partial charge is 0.392 e. The van der Waals surface area contributed by atoms with Crippen molar-refractivity contribution in [2.45, 2.75) is 65.4 Å². The molecule has 0 aromatic carbocycles. The van der Waals surface area contributed by atoms with E-state index < -0.39 is 0 Å². The van der Waals surface area contributed by atoms with E-state index in [0.717, 1.165) is 12.8 Å².